The molecule has 0 N–H and O–H groups in total. The maximum atomic E-state index is 14.3. The van der Waals surface area contributed by atoms with E-state index in [0.717, 1.165) is 52.3 Å². The lowest BCUT2D eigenvalue weighted by Gasteiger charge is -2.33. The van der Waals surface area contributed by atoms with Crippen LogP contribution >= 0.6 is 11.6 Å². The summed E-state index contributed by atoms with van der Waals surface area (Å²) in [5.74, 6) is 0.489. The van der Waals surface area contributed by atoms with Gasteiger partial charge in [0, 0.05) is 40.7 Å². The zero-order valence-electron chi connectivity index (χ0n) is 22.6. The summed E-state index contributed by atoms with van der Waals surface area (Å²) in [4.78, 5) is 24.2. The molecule has 1 fully saturated rings. The van der Waals surface area contributed by atoms with Crippen LogP contribution in [0.2, 0.25) is 5.02 Å². The van der Waals surface area contributed by atoms with Gasteiger partial charge in [0.15, 0.2) is 0 Å². The van der Waals surface area contributed by atoms with Crippen LogP contribution in [0.4, 0.5) is 4.39 Å². The average Bonchev–Trinajstić information content (AvgIpc) is 2.89. The monoisotopic (exact) mass is 533 g/mol. The molecule has 198 valence electrons. The first-order valence-electron chi connectivity index (χ1n) is 12.9. The molecule has 1 aliphatic heterocycles. The molecule has 1 amide bonds. The molecule has 1 aliphatic rings. The highest BCUT2D eigenvalue weighted by atomic mass is 35.5. The second-order valence-corrected chi connectivity index (χ2v) is 10.2. The Bertz CT molecular complexity index is 1390. The van der Waals surface area contributed by atoms with Crippen LogP contribution in [-0.2, 0) is 11.2 Å². The molecule has 1 aromatic heterocycles. The highest BCUT2D eigenvalue weighted by Gasteiger charge is 2.28. The maximum Gasteiger partial charge on any atom is 0.227 e. The predicted octanol–water partition coefficient (Wildman–Crippen LogP) is 6.38. The van der Waals surface area contributed by atoms with Crippen molar-refractivity contribution in [1.82, 2.24) is 14.9 Å². The number of carbonyl (C=O) groups excluding carboxylic acids is 1. The Morgan fingerprint density at radius 3 is 2.37 bits per heavy atom. The molecule has 2 heterocycles. The SMILES string of the molecule is C/C(=N\N=C(/C)c1c(C)nc(C)nc1C1CCN(C(=O)Cc2c(C)cccc2F)CC1)c1ccccc1Cl. The quantitative estimate of drug-likeness (QED) is 0.273. The molecule has 6 nitrogen and oxygen atoms in total. The van der Waals surface area contributed by atoms with E-state index in [2.05, 4.69) is 15.2 Å². The Balaban J connectivity index is 1.53. The normalized spacial score (nSPS) is 15.2. The molecule has 0 aliphatic carbocycles. The number of hydrogen-bond acceptors (Lipinski definition) is 5. The van der Waals surface area contributed by atoms with Gasteiger partial charge in [-0.15, -0.1) is 0 Å². The van der Waals surface area contributed by atoms with Crippen LogP contribution in [0.1, 0.15) is 72.1 Å². The molecule has 0 spiro atoms. The summed E-state index contributed by atoms with van der Waals surface area (Å²) >= 11 is 6.32. The van der Waals surface area contributed by atoms with E-state index >= 15 is 0 Å². The molecule has 1 saturated heterocycles. The van der Waals surface area contributed by atoms with Crippen molar-refractivity contribution >= 4 is 28.9 Å². The first-order chi connectivity index (χ1) is 18.2. The Morgan fingerprint density at radius 2 is 1.68 bits per heavy atom. The van der Waals surface area contributed by atoms with Gasteiger partial charge in [-0.2, -0.15) is 10.2 Å². The molecule has 4 rings (SSSR count). The van der Waals surface area contributed by atoms with Crippen molar-refractivity contribution in [2.45, 2.75) is 59.8 Å². The van der Waals surface area contributed by atoms with Gasteiger partial charge in [0.05, 0.1) is 29.2 Å². The topological polar surface area (TPSA) is 70.8 Å². The number of rotatable bonds is 6. The van der Waals surface area contributed by atoms with Crippen molar-refractivity contribution in [2.75, 3.05) is 13.1 Å². The van der Waals surface area contributed by atoms with Crippen molar-refractivity contribution in [3.8, 4) is 0 Å². The van der Waals surface area contributed by atoms with Crippen LogP contribution in [0.3, 0.4) is 0 Å². The van der Waals surface area contributed by atoms with Gasteiger partial charge < -0.3 is 4.90 Å². The summed E-state index contributed by atoms with van der Waals surface area (Å²) in [6.45, 7) is 10.7. The number of aryl methyl sites for hydroxylation is 3. The fourth-order valence-corrected chi connectivity index (χ4v) is 5.32. The number of likely N-dealkylation sites (tertiary alicyclic amines) is 1. The minimum Gasteiger partial charge on any atom is -0.342 e. The van der Waals surface area contributed by atoms with E-state index in [-0.39, 0.29) is 24.1 Å². The third kappa shape index (κ3) is 6.16. The van der Waals surface area contributed by atoms with Crippen LogP contribution in [-0.4, -0.2) is 45.3 Å². The molecule has 0 saturated carbocycles. The number of halogens is 2. The fourth-order valence-electron chi connectivity index (χ4n) is 5.05. The molecule has 0 atom stereocenters. The lowest BCUT2D eigenvalue weighted by atomic mass is 9.88. The summed E-state index contributed by atoms with van der Waals surface area (Å²) in [6.07, 6.45) is 1.61. The first-order valence-corrected chi connectivity index (χ1v) is 13.2. The van der Waals surface area contributed by atoms with Gasteiger partial charge in [0.1, 0.15) is 11.6 Å². The Kier molecular flexibility index (Phi) is 8.67. The lowest BCUT2D eigenvalue weighted by Crippen LogP contribution is -2.39. The van der Waals surface area contributed by atoms with Gasteiger partial charge in [0.25, 0.3) is 0 Å². The second-order valence-electron chi connectivity index (χ2n) is 9.83. The number of carbonyl (C=O) groups is 1. The van der Waals surface area contributed by atoms with Crippen molar-refractivity contribution in [3.63, 3.8) is 0 Å². The van der Waals surface area contributed by atoms with Crippen LogP contribution in [0.15, 0.2) is 52.7 Å². The van der Waals surface area contributed by atoms with E-state index in [4.69, 9.17) is 16.6 Å². The summed E-state index contributed by atoms with van der Waals surface area (Å²) in [6, 6.07) is 12.5. The number of nitrogens with zero attached hydrogens (tertiary/aromatic N) is 5. The van der Waals surface area contributed by atoms with Crippen LogP contribution in [0, 0.1) is 26.6 Å². The van der Waals surface area contributed by atoms with Gasteiger partial charge in [-0.05, 0) is 65.2 Å². The predicted molar refractivity (Wildman–Crippen MR) is 151 cm³/mol. The largest absolute Gasteiger partial charge is 0.342 e. The van der Waals surface area contributed by atoms with E-state index in [1.165, 1.54) is 6.07 Å². The van der Waals surface area contributed by atoms with Crippen molar-refractivity contribution in [2.24, 2.45) is 10.2 Å². The number of benzene rings is 2. The smallest absolute Gasteiger partial charge is 0.227 e. The lowest BCUT2D eigenvalue weighted by molar-refractivity contribution is -0.131. The van der Waals surface area contributed by atoms with E-state index in [9.17, 15) is 9.18 Å². The van der Waals surface area contributed by atoms with Gasteiger partial charge in [-0.1, -0.05) is 41.9 Å². The molecule has 38 heavy (non-hydrogen) atoms. The minimum absolute atomic E-state index is 0.0472. The third-order valence-electron chi connectivity index (χ3n) is 7.12. The van der Waals surface area contributed by atoms with E-state index in [0.29, 0.717) is 29.5 Å². The molecule has 3 aromatic rings. The molecular formula is C30H33ClFN5O. The summed E-state index contributed by atoms with van der Waals surface area (Å²) < 4.78 is 14.3. The molecular weight excluding hydrogens is 501 g/mol. The van der Waals surface area contributed by atoms with Gasteiger partial charge in [-0.25, -0.2) is 14.4 Å². The number of aromatic nitrogens is 2. The van der Waals surface area contributed by atoms with Gasteiger partial charge >= 0.3 is 0 Å². The highest BCUT2D eigenvalue weighted by molar-refractivity contribution is 6.34. The molecule has 8 heteroatoms. The Labute approximate surface area is 228 Å². The summed E-state index contributed by atoms with van der Waals surface area (Å²) in [5.41, 5.74) is 6.27. The molecule has 2 aromatic carbocycles. The second kappa shape index (κ2) is 11.9. The van der Waals surface area contributed by atoms with E-state index in [1.807, 2.05) is 69.9 Å². The van der Waals surface area contributed by atoms with Crippen LogP contribution in [0.5, 0.6) is 0 Å². The average molecular weight is 534 g/mol. The first kappa shape index (κ1) is 27.6. The molecule has 0 bridgehead atoms. The zero-order valence-corrected chi connectivity index (χ0v) is 23.3. The Morgan fingerprint density at radius 1 is 1.00 bits per heavy atom. The number of piperidine rings is 1. The Hall–Kier alpha value is -3.45. The van der Waals surface area contributed by atoms with Crippen LogP contribution in [0.25, 0.3) is 0 Å². The van der Waals surface area contributed by atoms with Gasteiger partial charge in [0.2, 0.25) is 5.91 Å². The van der Waals surface area contributed by atoms with Crippen LogP contribution < -0.4 is 0 Å². The standard InChI is InChI=1S/C30H33ClFN5O/c1-18-9-8-12-27(32)25(18)17-28(38)37-15-13-23(14-16-37)30-29(20(3)33-22(5)34-30)21(4)36-35-19(2)24-10-6-7-11-26(24)31/h6-12,23H,13-17H2,1-5H3/b35-19+,36-21+. The zero-order chi connectivity index (χ0) is 27.4. The fraction of sp³-hybridized carbons (Fsp3) is 0.367. The van der Waals surface area contributed by atoms with E-state index < -0.39 is 0 Å². The molecule has 0 radical (unpaired) electrons. The highest BCUT2D eigenvalue weighted by Crippen LogP contribution is 2.31. The minimum atomic E-state index is -0.327. The summed E-state index contributed by atoms with van der Waals surface area (Å²) in [5, 5.41) is 9.61. The van der Waals surface area contributed by atoms with Crippen molar-refractivity contribution < 1.29 is 9.18 Å². The third-order valence-corrected chi connectivity index (χ3v) is 7.45. The number of hydrogen-bond donors (Lipinski definition) is 0. The number of amides is 1. The summed E-state index contributed by atoms with van der Waals surface area (Å²) in [7, 11) is 0. The molecule has 0 unspecified atom stereocenters. The van der Waals surface area contributed by atoms with E-state index in [1.54, 1.807) is 6.07 Å². The van der Waals surface area contributed by atoms with Crippen molar-refractivity contribution in [1.29, 1.82) is 0 Å². The van der Waals surface area contributed by atoms with Gasteiger partial charge in [-0.3, -0.25) is 4.79 Å². The maximum absolute atomic E-state index is 14.3. The van der Waals surface area contributed by atoms with Crippen molar-refractivity contribution in [3.05, 3.63) is 92.8 Å².